The van der Waals surface area contributed by atoms with Gasteiger partial charge in [0.25, 0.3) is 0 Å². The first-order valence-electron chi connectivity index (χ1n) is 9.31. The molecule has 1 atom stereocenters. The minimum Gasteiger partial charge on any atom is -0.355 e. The van der Waals surface area contributed by atoms with Crippen LogP contribution in [-0.4, -0.2) is 23.1 Å². The number of Topliss-reactive ketones (excluding diaryl/α,β-unsaturated/α-hetero) is 2. The minimum absolute atomic E-state index is 0.0145. The maximum atomic E-state index is 12.7. The molecule has 2 rings (SSSR count). The molecule has 0 radical (unpaired) electrons. The predicted octanol–water partition coefficient (Wildman–Crippen LogP) is 4.57. The summed E-state index contributed by atoms with van der Waals surface area (Å²) < 4.78 is 0. The molecule has 0 fully saturated rings. The number of aromatic nitrogens is 1. The van der Waals surface area contributed by atoms with E-state index in [0.717, 1.165) is 17.7 Å². The third kappa shape index (κ3) is 4.31. The van der Waals surface area contributed by atoms with Crippen molar-refractivity contribution < 1.29 is 9.59 Å². The van der Waals surface area contributed by atoms with Gasteiger partial charge in [-0.25, -0.2) is 0 Å². The van der Waals surface area contributed by atoms with Crippen molar-refractivity contribution in [3.05, 3.63) is 57.9 Å². The lowest BCUT2D eigenvalue weighted by atomic mass is 9.94. The molecule has 0 aliphatic rings. The first kappa shape index (κ1) is 20.1. The lowest BCUT2D eigenvalue weighted by Crippen LogP contribution is -2.31. The van der Waals surface area contributed by atoms with Gasteiger partial charge in [-0.2, -0.15) is 0 Å². The van der Waals surface area contributed by atoms with Crippen LogP contribution in [0.15, 0.2) is 24.3 Å². The lowest BCUT2D eigenvalue weighted by Gasteiger charge is -2.23. The molecule has 0 bridgehead atoms. The van der Waals surface area contributed by atoms with Crippen LogP contribution in [0.25, 0.3) is 0 Å². The molecule has 0 aliphatic heterocycles. The minimum atomic E-state index is -0.0195. The van der Waals surface area contributed by atoms with Gasteiger partial charge in [0.15, 0.2) is 11.6 Å². The second-order valence-corrected chi connectivity index (χ2v) is 7.30. The van der Waals surface area contributed by atoms with Crippen molar-refractivity contribution in [1.82, 2.24) is 10.3 Å². The number of hydrogen-bond donors (Lipinski definition) is 2. The van der Waals surface area contributed by atoms with E-state index >= 15 is 0 Å². The molecule has 0 unspecified atom stereocenters. The number of carbonyl (C=O) groups excluding carboxylic acids is 2. The zero-order valence-electron chi connectivity index (χ0n) is 16.7. The summed E-state index contributed by atoms with van der Waals surface area (Å²) in [5.74, 6) is 0.322. The molecule has 0 amide bonds. The van der Waals surface area contributed by atoms with E-state index in [0.29, 0.717) is 17.2 Å². The topological polar surface area (TPSA) is 62.0 Å². The van der Waals surface area contributed by atoms with Crippen LogP contribution in [0.1, 0.15) is 77.0 Å². The fraction of sp³-hybridized carbons (Fsp3) is 0.455. The van der Waals surface area contributed by atoms with Crippen molar-refractivity contribution in [2.75, 3.05) is 6.54 Å². The second kappa shape index (κ2) is 8.45. The normalized spacial score (nSPS) is 12.4. The summed E-state index contributed by atoms with van der Waals surface area (Å²) in [6.07, 6.45) is 1.02. The first-order valence-corrected chi connectivity index (χ1v) is 9.31. The Bertz CT molecular complexity index is 785. The fourth-order valence-corrected chi connectivity index (χ4v) is 3.55. The standard InChI is InChI=1S/C22H30N2O2/c1-7-17-8-10-18(11-9-17)21(13(2)3)23-12-19(26)22-14(4)20(16(6)25)15(5)24-22/h8-11,13,21,23-24H,7,12H2,1-6H3/t21-/m1/s1. The van der Waals surface area contributed by atoms with Gasteiger partial charge >= 0.3 is 0 Å². The molecule has 26 heavy (non-hydrogen) atoms. The smallest absolute Gasteiger partial charge is 0.193 e. The average molecular weight is 354 g/mol. The summed E-state index contributed by atoms with van der Waals surface area (Å²) in [6.45, 7) is 11.9. The van der Waals surface area contributed by atoms with Crippen LogP contribution in [0.2, 0.25) is 0 Å². The Labute approximate surface area is 156 Å². The number of H-pyrrole nitrogens is 1. The summed E-state index contributed by atoms with van der Waals surface area (Å²) in [4.78, 5) is 27.6. The summed E-state index contributed by atoms with van der Waals surface area (Å²) in [5, 5.41) is 3.40. The van der Waals surface area contributed by atoms with Crippen LogP contribution >= 0.6 is 0 Å². The van der Waals surface area contributed by atoms with E-state index in [-0.39, 0.29) is 24.2 Å². The van der Waals surface area contributed by atoms with E-state index in [4.69, 9.17) is 0 Å². The Kier molecular flexibility index (Phi) is 6.54. The SMILES string of the molecule is CCc1ccc([C@H](NCC(=O)c2[nH]c(C)c(C(C)=O)c2C)C(C)C)cc1. The van der Waals surface area contributed by atoms with Crippen molar-refractivity contribution in [2.24, 2.45) is 5.92 Å². The Morgan fingerprint density at radius 2 is 1.73 bits per heavy atom. The molecule has 2 aromatic rings. The van der Waals surface area contributed by atoms with Crippen LogP contribution in [0.5, 0.6) is 0 Å². The third-order valence-electron chi connectivity index (χ3n) is 4.96. The highest BCUT2D eigenvalue weighted by Gasteiger charge is 2.22. The van der Waals surface area contributed by atoms with Gasteiger partial charge in [-0.3, -0.25) is 9.59 Å². The highest BCUT2D eigenvalue weighted by molar-refractivity contribution is 6.03. The Morgan fingerprint density at radius 1 is 1.12 bits per heavy atom. The predicted molar refractivity (Wildman–Crippen MR) is 106 cm³/mol. The van der Waals surface area contributed by atoms with Crippen LogP contribution in [0.3, 0.4) is 0 Å². The van der Waals surface area contributed by atoms with Crippen molar-refractivity contribution >= 4 is 11.6 Å². The number of hydrogen-bond acceptors (Lipinski definition) is 3. The Balaban J connectivity index is 2.15. The quantitative estimate of drug-likeness (QED) is 0.683. The molecule has 2 N–H and O–H groups in total. The van der Waals surface area contributed by atoms with E-state index in [1.165, 1.54) is 18.1 Å². The molecule has 1 heterocycles. The number of aromatic amines is 1. The van der Waals surface area contributed by atoms with Gasteiger partial charge < -0.3 is 10.3 Å². The Hall–Kier alpha value is -2.20. The summed E-state index contributed by atoms with van der Waals surface area (Å²) in [5.41, 5.74) is 5.16. The number of benzene rings is 1. The number of ketones is 2. The highest BCUT2D eigenvalue weighted by Crippen LogP contribution is 2.23. The maximum Gasteiger partial charge on any atom is 0.193 e. The van der Waals surface area contributed by atoms with Crippen LogP contribution in [0, 0.1) is 19.8 Å². The van der Waals surface area contributed by atoms with E-state index in [1.54, 1.807) is 0 Å². The monoisotopic (exact) mass is 354 g/mol. The van der Waals surface area contributed by atoms with E-state index in [9.17, 15) is 9.59 Å². The van der Waals surface area contributed by atoms with Crippen molar-refractivity contribution in [3.63, 3.8) is 0 Å². The highest BCUT2D eigenvalue weighted by atomic mass is 16.1. The zero-order chi connectivity index (χ0) is 19.4. The van der Waals surface area contributed by atoms with E-state index < -0.39 is 0 Å². The summed E-state index contributed by atoms with van der Waals surface area (Å²) in [7, 11) is 0. The summed E-state index contributed by atoms with van der Waals surface area (Å²) in [6, 6.07) is 8.67. The van der Waals surface area contributed by atoms with Gasteiger partial charge in [0.2, 0.25) is 0 Å². The molecule has 0 saturated heterocycles. The Morgan fingerprint density at radius 3 is 2.19 bits per heavy atom. The largest absolute Gasteiger partial charge is 0.355 e. The van der Waals surface area contributed by atoms with Crippen molar-refractivity contribution in [2.45, 2.75) is 54.0 Å². The molecular formula is C22H30N2O2. The van der Waals surface area contributed by atoms with Gasteiger partial charge in [0, 0.05) is 17.3 Å². The molecular weight excluding hydrogens is 324 g/mol. The number of carbonyl (C=O) groups is 2. The van der Waals surface area contributed by atoms with Gasteiger partial charge in [0.05, 0.1) is 12.2 Å². The molecule has 0 aliphatic carbocycles. The molecule has 4 nitrogen and oxygen atoms in total. The van der Waals surface area contributed by atoms with E-state index in [2.05, 4.69) is 55.3 Å². The average Bonchev–Trinajstić information content (AvgIpc) is 2.89. The van der Waals surface area contributed by atoms with Gasteiger partial charge in [0.1, 0.15) is 0 Å². The third-order valence-corrected chi connectivity index (χ3v) is 4.96. The van der Waals surface area contributed by atoms with Gasteiger partial charge in [-0.1, -0.05) is 45.0 Å². The number of aryl methyl sites for hydroxylation is 2. The van der Waals surface area contributed by atoms with Crippen LogP contribution < -0.4 is 5.32 Å². The van der Waals surface area contributed by atoms with E-state index in [1.807, 2.05) is 13.8 Å². The lowest BCUT2D eigenvalue weighted by molar-refractivity contribution is 0.0979. The molecule has 0 saturated carbocycles. The van der Waals surface area contributed by atoms with Gasteiger partial charge in [-0.15, -0.1) is 0 Å². The number of rotatable bonds is 8. The second-order valence-electron chi connectivity index (χ2n) is 7.30. The zero-order valence-corrected chi connectivity index (χ0v) is 16.7. The van der Waals surface area contributed by atoms with Crippen molar-refractivity contribution in [1.29, 1.82) is 0 Å². The molecule has 1 aromatic heterocycles. The molecule has 1 aromatic carbocycles. The fourth-order valence-electron chi connectivity index (χ4n) is 3.55. The van der Waals surface area contributed by atoms with Crippen LogP contribution in [0.4, 0.5) is 0 Å². The van der Waals surface area contributed by atoms with Crippen molar-refractivity contribution in [3.8, 4) is 0 Å². The van der Waals surface area contributed by atoms with Crippen LogP contribution in [-0.2, 0) is 6.42 Å². The maximum absolute atomic E-state index is 12.7. The summed E-state index contributed by atoms with van der Waals surface area (Å²) >= 11 is 0. The number of nitrogens with one attached hydrogen (secondary N) is 2. The first-order chi connectivity index (χ1) is 12.3. The molecule has 140 valence electrons. The molecule has 0 spiro atoms. The molecule has 4 heteroatoms. The van der Waals surface area contributed by atoms with Gasteiger partial charge in [-0.05, 0) is 49.8 Å².